The van der Waals surface area contributed by atoms with Gasteiger partial charge in [-0.05, 0) is 52.4 Å². The monoisotopic (exact) mass is 611 g/mol. The van der Waals surface area contributed by atoms with E-state index >= 15 is 0 Å². The Balaban J connectivity index is 1.57. The Morgan fingerprint density at radius 1 is 1.10 bits per heavy atom. The minimum absolute atomic E-state index is 0.118. The number of carboxylic acid groups (broad SMARTS) is 1. The van der Waals surface area contributed by atoms with Crippen LogP contribution in [0.2, 0.25) is 0 Å². The average molecular weight is 612 g/mol. The Kier molecular flexibility index (Phi) is 7.26. The van der Waals surface area contributed by atoms with E-state index in [1.165, 1.54) is 20.3 Å². The summed E-state index contributed by atoms with van der Waals surface area (Å²) in [5, 5.41) is 19.4. The number of nitrogens with zero attached hydrogens (tertiary/aromatic N) is 1. The number of imide groups is 1. The fourth-order valence-corrected chi connectivity index (χ4v) is 6.64. The van der Waals surface area contributed by atoms with Crippen molar-refractivity contribution in [1.82, 2.24) is 4.90 Å². The molecule has 0 bridgehead atoms. The maximum Gasteiger partial charge on any atom is 0.305 e. The summed E-state index contributed by atoms with van der Waals surface area (Å²) in [4.78, 5) is 65.2. The van der Waals surface area contributed by atoms with Crippen LogP contribution >= 0.6 is 15.9 Å². The summed E-state index contributed by atoms with van der Waals surface area (Å²) in [5.41, 5.74) is 1.98. The number of likely N-dealkylation sites (tertiary alicyclic amines) is 1. The molecule has 2 amide bonds. The topological polar surface area (TPSA) is 148 Å². The summed E-state index contributed by atoms with van der Waals surface area (Å²) >= 11 is 3.19. The van der Waals surface area contributed by atoms with E-state index in [0.717, 1.165) is 10.5 Å². The van der Waals surface area contributed by atoms with Crippen molar-refractivity contribution in [3.63, 3.8) is 0 Å². The quantitative estimate of drug-likeness (QED) is 0.269. The number of benzene rings is 1. The lowest BCUT2D eigenvalue weighted by Gasteiger charge is -2.41. The van der Waals surface area contributed by atoms with E-state index in [1.54, 1.807) is 24.3 Å². The number of hydrogen-bond donors (Lipinski definition) is 2. The van der Waals surface area contributed by atoms with Crippen LogP contribution in [0.5, 0.6) is 17.2 Å². The predicted octanol–water partition coefficient (Wildman–Crippen LogP) is 3.19. The third-order valence-electron chi connectivity index (χ3n) is 8.00. The first-order valence-corrected chi connectivity index (χ1v) is 13.5. The summed E-state index contributed by atoms with van der Waals surface area (Å²) < 4.78 is 10.6. The number of fused-ring (bicyclic) bond motifs is 3. The lowest BCUT2D eigenvalue weighted by atomic mass is 9.61. The third-order valence-corrected chi connectivity index (χ3v) is 8.59. The molecule has 0 spiro atoms. The van der Waals surface area contributed by atoms with Crippen molar-refractivity contribution in [3.05, 3.63) is 57.1 Å². The van der Waals surface area contributed by atoms with Gasteiger partial charge in [0.05, 0.1) is 37.0 Å². The Morgan fingerprint density at radius 2 is 1.77 bits per heavy atom. The lowest BCUT2D eigenvalue weighted by Crippen LogP contribution is -2.40. The summed E-state index contributed by atoms with van der Waals surface area (Å²) in [5.74, 6) is -5.00. The number of carbonyl (C=O) groups is 5. The molecule has 11 heteroatoms. The second kappa shape index (κ2) is 10.5. The van der Waals surface area contributed by atoms with Crippen molar-refractivity contribution in [3.8, 4) is 17.2 Å². The number of Topliss-reactive ketones (excluding diaryl/α,β-unsaturated/α-hetero) is 1. The highest BCUT2D eigenvalue weighted by atomic mass is 79.9. The van der Waals surface area contributed by atoms with Gasteiger partial charge < -0.3 is 19.7 Å². The van der Waals surface area contributed by atoms with Crippen molar-refractivity contribution in [2.24, 2.45) is 23.7 Å². The van der Waals surface area contributed by atoms with Crippen molar-refractivity contribution in [2.75, 3.05) is 20.8 Å². The Hall–Kier alpha value is -3.99. The summed E-state index contributed by atoms with van der Waals surface area (Å²) in [6.45, 7) is -0.213. The number of aromatic hydroxyl groups is 1. The molecule has 40 heavy (non-hydrogen) atoms. The Labute approximate surface area is 237 Å². The largest absolute Gasteiger partial charge is 0.502 e. The van der Waals surface area contributed by atoms with Crippen LogP contribution in [0.1, 0.15) is 24.8 Å². The molecule has 4 aliphatic rings. The molecule has 1 fully saturated rings. The van der Waals surface area contributed by atoms with E-state index in [-0.39, 0.29) is 59.1 Å². The molecule has 4 atom stereocenters. The minimum Gasteiger partial charge on any atom is -0.502 e. The number of rotatable bonds is 7. The lowest BCUT2D eigenvalue weighted by molar-refractivity contribution is -0.142. The SMILES string of the molecule is COc1cc(C=C[C@H]2C3=CC[C@@H]4C(=O)N(CCC(=O)O)C(=O)[C@@H]4[C@@H]3CC3=C2C(=O)C=C(Br)C3=O)cc(OC)c1O. The van der Waals surface area contributed by atoms with Gasteiger partial charge in [-0.2, -0.15) is 0 Å². The number of carboxylic acids is 1. The summed E-state index contributed by atoms with van der Waals surface area (Å²) in [6.07, 6.45) is 6.64. The molecule has 2 N–H and O–H groups in total. The first kappa shape index (κ1) is 27.6. The normalized spacial score (nSPS) is 25.9. The predicted molar refractivity (Wildman–Crippen MR) is 145 cm³/mol. The average Bonchev–Trinajstić information content (AvgIpc) is 3.18. The smallest absolute Gasteiger partial charge is 0.305 e. The number of amides is 2. The molecule has 1 aliphatic heterocycles. The van der Waals surface area contributed by atoms with Gasteiger partial charge in [0, 0.05) is 29.7 Å². The van der Waals surface area contributed by atoms with Crippen LogP contribution in [0, 0.1) is 23.7 Å². The zero-order valence-corrected chi connectivity index (χ0v) is 23.3. The molecule has 0 radical (unpaired) electrons. The van der Waals surface area contributed by atoms with Crippen LogP contribution in [0.15, 0.2) is 51.6 Å². The second-order valence-electron chi connectivity index (χ2n) is 10.0. The zero-order valence-electron chi connectivity index (χ0n) is 21.7. The van der Waals surface area contributed by atoms with Gasteiger partial charge in [0.15, 0.2) is 23.1 Å². The van der Waals surface area contributed by atoms with Gasteiger partial charge in [-0.1, -0.05) is 23.8 Å². The fraction of sp³-hybridized carbons (Fsp3) is 0.345. The minimum atomic E-state index is -1.11. The van der Waals surface area contributed by atoms with Crippen molar-refractivity contribution in [2.45, 2.75) is 19.3 Å². The van der Waals surface area contributed by atoms with Crippen molar-refractivity contribution < 1.29 is 43.7 Å². The van der Waals surface area contributed by atoms with Gasteiger partial charge in [-0.25, -0.2) is 0 Å². The number of carbonyl (C=O) groups excluding carboxylic acids is 4. The Morgan fingerprint density at radius 3 is 2.40 bits per heavy atom. The van der Waals surface area contributed by atoms with E-state index in [1.807, 2.05) is 6.08 Å². The zero-order chi connectivity index (χ0) is 28.9. The number of phenols is 1. The van der Waals surface area contributed by atoms with Gasteiger partial charge in [0.25, 0.3) is 0 Å². The van der Waals surface area contributed by atoms with Crippen molar-refractivity contribution in [1.29, 1.82) is 0 Å². The second-order valence-corrected chi connectivity index (χ2v) is 10.9. The first-order valence-electron chi connectivity index (χ1n) is 12.7. The molecule has 1 aromatic carbocycles. The molecule has 0 aromatic heterocycles. The number of halogens is 1. The Bertz CT molecular complexity index is 1460. The third kappa shape index (κ3) is 4.47. The van der Waals surface area contributed by atoms with E-state index in [0.29, 0.717) is 16.7 Å². The molecular weight excluding hydrogens is 586 g/mol. The van der Waals surface area contributed by atoms with Gasteiger partial charge >= 0.3 is 5.97 Å². The first-order chi connectivity index (χ1) is 19.1. The number of ketones is 2. The van der Waals surface area contributed by atoms with Crippen LogP contribution < -0.4 is 9.47 Å². The highest BCUT2D eigenvalue weighted by molar-refractivity contribution is 9.12. The maximum absolute atomic E-state index is 13.5. The highest BCUT2D eigenvalue weighted by Crippen LogP contribution is 2.53. The molecular formula is C29H26BrNO9. The molecule has 1 heterocycles. The van der Waals surface area contributed by atoms with Gasteiger partial charge in [0.2, 0.25) is 17.6 Å². The summed E-state index contributed by atoms with van der Waals surface area (Å²) in [6, 6.07) is 3.19. The molecule has 0 unspecified atom stereocenters. The highest BCUT2D eigenvalue weighted by Gasteiger charge is 2.55. The molecule has 5 rings (SSSR count). The standard InChI is InChI=1S/C29H26BrNO9/c1-39-21-9-13(10-22(40-2)27(21)36)3-4-15-14-5-6-16-25(29(38)31(28(16)37)8-7-23(33)34)17(14)11-18-24(15)20(32)12-19(30)26(18)35/h3-5,9-10,12,15-17,25,36H,6-8,11H2,1-2H3,(H,33,34)/t15-,16-,17+,25-/m0/s1. The van der Waals surface area contributed by atoms with Crippen LogP contribution in [0.25, 0.3) is 6.08 Å². The van der Waals surface area contributed by atoms with Gasteiger partial charge in [0.1, 0.15) is 0 Å². The van der Waals surface area contributed by atoms with E-state index in [9.17, 15) is 29.1 Å². The molecule has 10 nitrogen and oxygen atoms in total. The number of methoxy groups -OCH3 is 2. The number of phenolic OH excluding ortho intramolecular Hbond substituents is 1. The van der Waals surface area contributed by atoms with Crippen LogP contribution in [0.3, 0.4) is 0 Å². The molecule has 1 saturated heterocycles. The molecule has 208 valence electrons. The van der Waals surface area contributed by atoms with Crippen LogP contribution in [-0.2, 0) is 24.0 Å². The van der Waals surface area contributed by atoms with Crippen LogP contribution in [-0.4, -0.2) is 65.2 Å². The fourth-order valence-electron chi connectivity index (χ4n) is 6.19. The molecule has 3 aliphatic carbocycles. The molecule has 1 aromatic rings. The molecule has 0 saturated carbocycles. The van der Waals surface area contributed by atoms with E-state index in [4.69, 9.17) is 14.6 Å². The number of allylic oxidation sites excluding steroid dienone is 7. The van der Waals surface area contributed by atoms with Crippen molar-refractivity contribution >= 4 is 51.4 Å². The van der Waals surface area contributed by atoms with Gasteiger partial charge in [-0.15, -0.1) is 0 Å². The number of aliphatic carboxylic acids is 1. The van der Waals surface area contributed by atoms with E-state index < -0.39 is 41.5 Å². The van der Waals surface area contributed by atoms with Gasteiger partial charge in [-0.3, -0.25) is 28.9 Å². The number of hydrogen-bond acceptors (Lipinski definition) is 8. The summed E-state index contributed by atoms with van der Waals surface area (Å²) in [7, 11) is 2.81. The van der Waals surface area contributed by atoms with Crippen LogP contribution in [0.4, 0.5) is 0 Å². The maximum atomic E-state index is 13.5. The van der Waals surface area contributed by atoms with E-state index in [2.05, 4.69) is 15.9 Å². The number of ether oxygens (including phenoxy) is 2.